The van der Waals surface area contributed by atoms with Crippen LogP contribution < -0.4 is 11.1 Å². The van der Waals surface area contributed by atoms with Crippen molar-refractivity contribution in [1.29, 1.82) is 0 Å². The molecule has 6 heteroatoms. The molecule has 0 aliphatic carbocycles. The zero-order valence-electron chi connectivity index (χ0n) is 11.8. The monoisotopic (exact) mass is 314 g/mol. The van der Waals surface area contributed by atoms with E-state index in [-0.39, 0.29) is 11.7 Å². The number of halogens is 2. The molecule has 0 bridgehead atoms. The highest BCUT2D eigenvalue weighted by atomic mass is 35.5. The maximum absolute atomic E-state index is 13.0. The Labute approximate surface area is 128 Å². The second kappa shape index (κ2) is 7.20. The molecular formula is C15H20ClFN2O2. The van der Waals surface area contributed by atoms with E-state index in [0.29, 0.717) is 50.6 Å². The van der Waals surface area contributed by atoms with E-state index in [1.807, 2.05) is 0 Å². The van der Waals surface area contributed by atoms with Crippen molar-refractivity contribution >= 4 is 17.5 Å². The number of ether oxygens (including phenoxy) is 1. The predicted molar refractivity (Wildman–Crippen MR) is 79.7 cm³/mol. The second-order valence-electron chi connectivity index (χ2n) is 5.34. The fourth-order valence-corrected chi connectivity index (χ4v) is 2.77. The van der Waals surface area contributed by atoms with E-state index in [9.17, 15) is 9.18 Å². The summed E-state index contributed by atoms with van der Waals surface area (Å²) in [6.45, 7) is 1.90. The third kappa shape index (κ3) is 3.93. The van der Waals surface area contributed by atoms with Crippen molar-refractivity contribution in [1.82, 2.24) is 5.32 Å². The molecule has 0 atom stereocenters. The molecule has 1 saturated heterocycles. The minimum Gasteiger partial charge on any atom is -0.381 e. The number of hydrogen-bond acceptors (Lipinski definition) is 3. The Balaban J connectivity index is 1.88. The van der Waals surface area contributed by atoms with Gasteiger partial charge in [0.15, 0.2) is 0 Å². The van der Waals surface area contributed by atoms with E-state index in [4.69, 9.17) is 22.1 Å². The minimum atomic E-state index is -0.523. The van der Waals surface area contributed by atoms with Crippen LogP contribution in [0.3, 0.4) is 0 Å². The normalized spacial score (nSPS) is 17.5. The van der Waals surface area contributed by atoms with Crippen molar-refractivity contribution < 1.29 is 13.9 Å². The van der Waals surface area contributed by atoms with Crippen LogP contribution in [0.15, 0.2) is 18.2 Å². The molecule has 1 fully saturated rings. The van der Waals surface area contributed by atoms with Gasteiger partial charge >= 0.3 is 0 Å². The number of nitrogens with one attached hydrogen (secondary N) is 1. The molecule has 1 heterocycles. The third-order valence-electron chi connectivity index (χ3n) is 4.02. The number of rotatable bonds is 5. The summed E-state index contributed by atoms with van der Waals surface area (Å²) >= 11 is 5.96. The molecule has 1 aliphatic rings. The summed E-state index contributed by atoms with van der Waals surface area (Å²) in [5, 5.41) is 3.29. The van der Waals surface area contributed by atoms with Crippen molar-refractivity contribution in [3.05, 3.63) is 34.6 Å². The van der Waals surface area contributed by atoms with Gasteiger partial charge in [-0.15, -0.1) is 0 Å². The van der Waals surface area contributed by atoms with E-state index in [1.54, 1.807) is 6.07 Å². The number of hydrogen-bond donors (Lipinski definition) is 2. The van der Waals surface area contributed by atoms with Crippen LogP contribution in [-0.4, -0.2) is 32.2 Å². The lowest BCUT2D eigenvalue weighted by Crippen LogP contribution is -2.49. The molecule has 0 unspecified atom stereocenters. The Morgan fingerprint density at radius 3 is 2.76 bits per heavy atom. The Kier molecular flexibility index (Phi) is 5.56. The van der Waals surface area contributed by atoms with Gasteiger partial charge in [-0.1, -0.05) is 17.7 Å². The highest BCUT2D eigenvalue weighted by molar-refractivity contribution is 6.31. The molecule has 1 aromatic rings. The van der Waals surface area contributed by atoms with Gasteiger partial charge in [0.05, 0.1) is 5.41 Å². The van der Waals surface area contributed by atoms with Crippen LogP contribution in [0.2, 0.25) is 5.02 Å². The lowest BCUT2D eigenvalue weighted by molar-refractivity contribution is -0.135. The molecule has 0 saturated carbocycles. The highest BCUT2D eigenvalue weighted by Gasteiger charge is 2.38. The summed E-state index contributed by atoms with van der Waals surface area (Å²) in [6.07, 6.45) is 1.85. The van der Waals surface area contributed by atoms with Crippen LogP contribution in [0.4, 0.5) is 4.39 Å². The maximum Gasteiger partial charge on any atom is 0.227 e. The van der Waals surface area contributed by atoms with Crippen molar-refractivity contribution in [2.75, 3.05) is 26.3 Å². The van der Waals surface area contributed by atoms with Crippen LogP contribution >= 0.6 is 11.6 Å². The average molecular weight is 315 g/mol. The molecule has 21 heavy (non-hydrogen) atoms. The van der Waals surface area contributed by atoms with Gasteiger partial charge in [0, 0.05) is 31.3 Å². The van der Waals surface area contributed by atoms with Crippen LogP contribution in [0, 0.1) is 11.2 Å². The summed E-state index contributed by atoms with van der Waals surface area (Å²) in [7, 11) is 0. The highest BCUT2D eigenvalue weighted by Crippen LogP contribution is 2.29. The Bertz CT molecular complexity index is 504. The van der Waals surface area contributed by atoms with Gasteiger partial charge in [0.1, 0.15) is 5.82 Å². The largest absolute Gasteiger partial charge is 0.381 e. The quantitative estimate of drug-likeness (QED) is 0.872. The third-order valence-corrected chi connectivity index (χ3v) is 4.37. The Morgan fingerprint density at radius 1 is 1.43 bits per heavy atom. The molecule has 2 rings (SSSR count). The van der Waals surface area contributed by atoms with Crippen LogP contribution in [0.1, 0.15) is 18.4 Å². The molecule has 0 radical (unpaired) electrons. The lowest BCUT2D eigenvalue weighted by atomic mass is 9.79. The van der Waals surface area contributed by atoms with E-state index in [2.05, 4.69) is 5.32 Å². The summed E-state index contributed by atoms with van der Waals surface area (Å²) in [5.41, 5.74) is 6.07. The van der Waals surface area contributed by atoms with Gasteiger partial charge in [-0.25, -0.2) is 4.39 Å². The number of carbonyl (C=O) groups is 1. The molecule has 3 N–H and O–H groups in total. The molecule has 1 aromatic carbocycles. The standard InChI is InChI=1S/C15H20ClFN2O2/c16-13-9-12(17)2-1-11(13)3-6-19-14(20)15(10-18)4-7-21-8-5-15/h1-2,9H,3-8,10,18H2,(H,19,20). The first-order chi connectivity index (χ1) is 10.1. The summed E-state index contributed by atoms with van der Waals surface area (Å²) in [4.78, 5) is 12.3. The number of nitrogens with two attached hydrogens (primary N) is 1. The topological polar surface area (TPSA) is 64.4 Å². The van der Waals surface area contributed by atoms with E-state index >= 15 is 0 Å². The van der Waals surface area contributed by atoms with E-state index in [0.717, 1.165) is 5.56 Å². The zero-order chi connectivity index (χ0) is 15.3. The van der Waals surface area contributed by atoms with Crippen molar-refractivity contribution in [2.45, 2.75) is 19.3 Å². The van der Waals surface area contributed by atoms with Crippen LogP contribution in [-0.2, 0) is 16.0 Å². The minimum absolute atomic E-state index is 0.0356. The first-order valence-electron chi connectivity index (χ1n) is 7.07. The molecular weight excluding hydrogens is 295 g/mol. The summed E-state index contributed by atoms with van der Waals surface area (Å²) < 4.78 is 18.2. The maximum atomic E-state index is 13.0. The van der Waals surface area contributed by atoms with Gasteiger partial charge < -0.3 is 15.8 Å². The van der Waals surface area contributed by atoms with Crippen LogP contribution in [0.5, 0.6) is 0 Å². The first kappa shape index (κ1) is 16.2. The van der Waals surface area contributed by atoms with Crippen LogP contribution in [0.25, 0.3) is 0 Å². The molecule has 0 spiro atoms. The summed E-state index contributed by atoms with van der Waals surface area (Å²) in [6, 6.07) is 4.28. The van der Waals surface area contributed by atoms with E-state index < -0.39 is 5.41 Å². The summed E-state index contributed by atoms with van der Waals surface area (Å²) in [5.74, 6) is -0.399. The van der Waals surface area contributed by atoms with Gasteiger partial charge in [0.25, 0.3) is 0 Å². The molecule has 0 aromatic heterocycles. The van der Waals surface area contributed by atoms with Gasteiger partial charge in [-0.3, -0.25) is 4.79 Å². The van der Waals surface area contributed by atoms with Gasteiger partial charge in [0.2, 0.25) is 5.91 Å². The smallest absolute Gasteiger partial charge is 0.227 e. The number of carbonyl (C=O) groups excluding carboxylic acids is 1. The average Bonchev–Trinajstić information content (AvgIpc) is 2.50. The van der Waals surface area contributed by atoms with Crippen molar-refractivity contribution in [2.24, 2.45) is 11.1 Å². The first-order valence-corrected chi connectivity index (χ1v) is 7.45. The fourth-order valence-electron chi connectivity index (χ4n) is 2.51. The zero-order valence-corrected chi connectivity index (χ0v) is 12.6. The SMILES string of the molecule is NCC1(C(=O)NCCc2ccc(F)cc2Cl)CCOCC1. The number of amides is 1. The Morgan fingerprint density at radius 2 is 2.14 bits per heavy atom. The van der Waals surface area contributed by atoms with Crippen molar-refractivity contribution in [3.63, 3.8) is 0 Å². The van der Waals surface area contributed by atoms with Gasteiger partial charge in [-0.2, -0.15) is 0 Å². The fraction of sp³-hybridized carbons (Fsp3) is 0.533. The predicted octanol–water partition coefficient (Wildman–Crippen LogP) is 1.89. The Hall–Kier alpha value is -1.17. The number of benzene rings is 1. The van der Waals surface area contributed by atoms with Gasteiger partial charge in [-0.05, 0) is 37.0 Å². The molecule has 4 nitrogen and oxygen atoms in total. The molecule has 1 amide bonds. The molecule has 1 aliphatic heterocycles. The lowest BCUT2D eigenvalue weighted by Gasteiger charge is -2.34. The molecule has 116 valence electrons. The second-order valence-corrected chi connectivity index (χ2v) is 5.75. The van der Waals surface area contributed by atoms with E-state index in [1.165, 1.54) is 12.1 Å². The van der Waals surface area contributed by atoms with Crippen molar-refractivity contribution in [3.8, 4) is 0 Å².